The molecule has 0 aliphatic carbocycles. The lowest BCUT2D eigenvalue weighted by Crippen LogP contribution is -2.46. The first-order valence-electron chi connectivity index (χ1n) is 16.3. The first-order valence-corrected chi connectivity index (χ1v) is 20.2. The molecule has 0 rings (SSSR count). The Hall–Kier alpha value is -2.06. The van der Waals surface area contributed by atoms with Crippen molar-refractivity contribution in [2.75, 3.05) is 66.0 Å². The van der Waals surface area contributed by atoms with Crippen molar-refractivity contribution in [2.24, 2.45) is 11.1 Å². The molecule has 2 amide bonds. The van der Waals surface area contributed by atoms with Gasteiger partial charge in [0.15, 0.2) is 0 Å². The molecule has 272 valence electrons. The molecule has 0 fully saturated rings. The summed E-state index contributed by atoms with van der Waals surface area (Å²) in [6.45, 7) is 22.8. The summed E-state index contributed by atoms with van der Waals surface area (Å²) in [7, 11) is -4.99. The highest BCUT2D eigenvalue weighted by Crippen LogP contribution is 2.23. The number of rotatable bonds is 27. The Labute approximate surface area is 279 Å². The lowest BCUT2D eigenvalue weighted by atomic mass is 9.96. The zero-order valence-electron chi connectivity index (χ0n) is 29.6. The van der Waals surface area contributed by atoms with Gasteiger partial charge in [-0.05, 0) is 54.4 Å². The van der Waals surface area contributed by atoms with Gasteiger partial charge in [0.25, 0.3) is 0 Å². The molecule has 0 aromatic heterocycles. The predicted molar refractivity (Wildman–Crippen MR) is 179 cm³/mol. The monoisotopic (exact) mass is 698 g/mol. The van der Waals surface area contributed by atoms with Crippen LogP contribution in [0, 0.1) is 5.41 Å². The molecule has 0 spiro atoms. The van der Waals surface area contributed by atoms with E-state index in [2.05, 4.69) is 21.4 Å². The Bertz CT molecular complexity index is 757. The van der Waals surface area contributed by atoms with Crippen molar-refractivity contribution in [1.82, 2.24) is 5.32 Å². The van der Waals surface area contributed by atoms with Crippen LogP contribution in [0.15, 0.2) is 12.7 Å². The fourth-order valence-electron chi connectivity index (χ4n) is 4.02. The Morgan fingerprint density at radius 1 is 0.674 bits per heavy atom. The van der Waals surface area contributed by atoms with Crippen molar-refractivity contribution < 1.29 is 55.2 Å². The van der Waals surface area contributed by atoms with E-state index in [9.17, 15) is 14.4 Å². The van der Waals surface area contributed by atoms with Crippen molar-refractivity contribution >= 4 is 35.8 Å². The molecule has 0 saturated heterocycles. The molecule has 0 unspecified atom stereocenters. The van der Waals surface area contributed by atoms with E-state index < -0.39 is 41.2 Å². The second kappa shape index (κ2) is 28.0. The van der Waals surface area contributed by atoms with Crippen LogP contribution in [-0.4, -0.2) is 102 Å². The van der Waals surface area contributed by atoms with Crippen LogP contribution in [0.1, 0.15) is 81.1 Å². The summed E-state index contributed by atoms with van der Waals surface area (Å²) >= 11 is 0. The highest BCUT2D eigenvalue weighted by Gasteiger charge is 2.41. The molecule has 0 aliphatic rings. The molecule has 0 heterocycles. The summed E-state index contributed by atoms with van der Waals surface area (Å²) < 4.78 is 49.7. The van der Waals surface area contributed by atoms with E-state index in [0.29, 0.717) is 39.6 Å². The molecule has 0 aromatic rings. The van der Waals surface area contributed by atoms with Gasteiger partial charge in [-0.25, -0.2) is 14.4 Å². The molecule has 14 nitrogen and oxygen atoms in total. The molecular formula is C30H62N2O12Si2. The molecule has 0 radical (unpaired) electrons. The quantitative estimate of drug-likeness (QED) is 0.0378. The van der Waals surface area contributed by atoms with E-state index in [-0.39, 0.29) is 26.4 Å². The van der Waals surface area contributed by atoms with Crippen molar-refractivity contribution in [2.45, 2.75) is 93.2 Å². The van der Waals surface area contributed by atoms with Crippen molar-refractivity contribution in [1.29, 1.82) is 0 Å². The van der Waals surface area contributed by atoms with Gasteiger partial charge in [0.2, 0.25) is 0 Å². The van der Waals surface area contributed by atoms with E-state index in [1.807, 2.05) is 41.5 Å². The second-order valence-corrected chi connectivity index (χ2v) is 16.0. The predicted octanol–water partition coefficient (Wildman–Crippen LogP) is 5.21. The summed E-state index contributed by atoms with van der Waals surface area (Å²) in [5, 5.41) is 2.39. The standard InChI is InChI=1S/C18H42O6Si2.C12H20N2O6/c1-7-19-25(20-8-2,21-9-3)17-15-13-14-16-18-26(22-10-4,23-11-5)24-12-6;1-4-9(15)18-6-5-14-11(17)20-8-12(2,3)7-19-10(13)16/h7-18H2,1-6H3;4H,1,5-8H2,2-3H3,(H2,13,16)(H,14,17). The van der Waals surface area contributed by atoms with Crippen LogP contribution < -0.4 is 11.1 Å². The largest absolute Gasteiger partial charge is 0.500 e. The first-order chi connectivity index (χ1) is 21.8. The fourth-order valence-corrected chi connectivity index (χ4v) is 9.39. The zero-order valence-corrected chi connectivity index (χ0v) is 31.6. The highest BCUT2D eigenvalue weighted by atomic mass is 28.4. The number of nitrogens with two attached hydrogens (primary N) is 1. The van der Waals surface area contributed by atoms with Crippen LogP contribution in [0.4, 0.5) is 9.59 Å². The minimum Gasteiger partial charge on any atom is -0.461 e. The third kappa shape index (κ3) is 24.2. The van der Waals surface area contributed by atoms with Gasteiger partial charge < -0.3 is 51.8 Å². The lowest BCUT2D eigenvalue weighted by molar-refractivity contribution is -0.137. The highest BCUT2D eigenvalue weighted by molar-refractivity contribution is 6.61. The average molecular weight is 699 g/mol. The third-order valence-electron chi connectivity index (χ3n) is 5.88. The van der Waals surface area contributed by atoms with E-state index in [0.717, 1.165) is 43.8 Å². The van der Waals surface area contributed by atoms with Gasteiger partial charge >= 0.3 is 35.8 Å². The Balaban J connectivity index is 0. The van der Waals surface area contributed by atoms with Crippen LogP contribution >= 0.6 is 0 Å². The average Bonchev–Trinajstić information content (AvgIpc) is 3.00. The van der Waals surface area contributed by atoms with E-state index >= 15 is 0 Å². The number of carbonyl (C=O) groups excluding carboxylic acids is 3. The van der Waals surface area contributed by atoms with Crippen molar-refractivity contribution in [3.63, 3.8) is 0 Å². The van der Waals surface area contributed by atoms with Gasteiger partial charge in [0.1, 0.15) is 19.8 Å². The van der Waals surface area contributed by atoms with Gasteiger partial charge in [0, 0.05) is 63.2 Å². The van der Waals surface area contributed by atoms with Gasteiger partial charge in [-0.2, -0.15) is 0 Å². The van der Waals surface area contributed by atoms with Crippen molar-refractivity contribution in [3.8, 4) is 0 Å². The third-order valence-corrected chi connectivity index (χ3v) is 12.2. The number of primary amides is 1. The molecule has 46 heavy (non-hydrogen) atoms. The number of hydrogen-bond acceptors (Lipinski definition) is 12. The number of esters is 1. The summed E-state index contributed by atoms with van der Waals surface area (Å²) in [5.41, 5.74) is 4.29. The molecule has 0 aromatic carbocycles. The second-order valence-electron chi connectivity index (χ2n) is 10.5. The topological polar surface area (TPSA) is 172 Å². The van der Waals surface area contributed by atoms with Crippen LogP contribution in [0.5, 0.6) is 0 Å². The van der Waals surface area contributed by atoms with Crippen LogP contribution in [0.25, 0.3) is 0 Å². The van der Waals surface area contributed by atoms with Gasteiger partial charge in [0.05, 0.1) is 6.54 Å². The number of amides is 2. The maximum Gasteiger partial charge on any atom is 0.500 e. The van der Waals surface area contributed by atoms with Gasteiger partial charge in [-0.15, -0.1) is 0 Å². The smallest absolute Gasteiger partial charge is 0.461 e. The van der Waals surface area contributed by atoms with Crippen LogP contribution in [0.3, 0.4) is 0 Å². The van der Waals surface area contributed by atoms with E-state index in [1.54, 1.807) is 13.8 Å². The van der Waals surface area contributed by atoms with Gasteiger partial charge in [-0.3, -0.25) is 0 Å². The van der Waals surface area contributed by atoms with Crippen molar-refractivity contribution in [3.05, 3.63) is 12.7 Å². The summed E-state index contributed by atoms with van der Waals surface area (Å²) in [6.07, 6.45) is 3.84. The Morgan fingerprint density at radius 2 is 1.07 bits per heavy atom. The summed E-state index contributed by atoms with van der Waals surface area (Å²) in [5.74, 6) is -0.565. The maximum atomic E-state index is 11.3. The van der Waals surface area contributed by atoms with Crippen LogP contribution in [-0.2, 0) is 45.6 Å². The number of hydrogen-bond donors (Lipinski definition) is 2. The number of alkyl carbamates (subject to hydrolysis) is 1. The van der Waals surface area contributed by atoms with Gasteiger partial charge in [-0.1, -0.05) is 33.3 Å². The number of unbranched alkanes of at least 4 members (excludes halogenated alkanes) is 3. The summed E-state index contributed by atoms with van der Waals surface area (Å²) in [6, 6.07) is 1.76. The molecule has 0 atom stereocenters. The number of nitrogens with one attached hydrogen (secondary N) is 1. The minimum atomic E-state index is -2.50. The molecule has 16 heteroatoms. The molecule has 0 saturated carbocycles. The summed E-state index contributed by atoms with van der Waals surface area (Å²) in [4.78, 5) is 32.5. The maximum absolute atomic E-state index is 11.3. The SMILES string of the molecule is C=CC(=O)OCCNC(=O)OCC(C)(C)COC(N)=O.CCO[Si](CCCCCC[Si](OCC)(OCC)OCC)(OCC)OCC. The van der Waals surface area contributed by atoms with E-state index in [1.165, 1.54) is 0 Å². The van der Waals surface area contributed by atoms with Crippen LogP contribution in [0.2, 0.25) is 12.1 Å². The fraction of sp³-hybridized carbons (Fsp3) is 0.833. The number of carbonyl (C=O) groups is 3. The molecular weight excluding hydrogens is 637 g/mol. The molecule has 3 N–H and O–H groups in total. The zero-order chi connectivity index (χ0) is 35.3. The normalized spacial score (nSPS) is 11.7. The Kier molecular flexibility index (Phi) is 28.0. The van der Waals surface area contributed by atoms with E-state index in [4.69, 9.17) is 37.0 Å². The lowest BCUT2D eigenvalue weighted by Gasteiger charge is -2.29. The molecule has 0 bridgehead atoms. The Morgan fingerprint density at radius 3 is 1.41 bits per heavy atom. The molecule has 0 aliphatic heterocycles. The number of ether oxygens (including phenoxy) is 3. The first kappa shape index (κ1) is 46.1. The minimum absolute atomic E-state index is 0.0220.